The number of halogens is 1. The highest BCUT2D eigenvalue weighted by Crippen LogP contribution is 2.33. The van der Waals surface area contributed by atoms with Gasteiger partial charge in [0.2, 0.25) is 0 Å². The average molecular weight is 373 g/mol. The molecule has 1 aliphatic heterocycles. The zero-order chi connectivity index (χ0) is 17.6. The van der Waals surface area contributed by atoms with Crippen molar-refractivity contribution in [1.29, 1.82) is 0 Å². The summed E-state index contributed by atoms with van der Waals surface area (Å²) >= 11 is 7.54. The molecule has 0 spiro atoms. The number of aliphatic hydroxyl groups excluding tert-OH is 1. The molecule has 0 saturated heterocycles. The van der Waals surface area contributed by atoms with E-state index in [9.17, 15) is 5.11 Å². The van der Waals surface area contributed by atoms with E-state index in [2.05, 4.69) is 15.1 Å². The maximum atomic E-state index is 10.8. The molecule has 0 amide bonds. The lowest BCUT2D eigenvalue weighted by Crippen LogP contribution is -2.15. The zero-order valence-electron chi connectivity index (χ0n) is 13.4. The van der Waals surface area contributed by atoms with E-state index >= 15 is 0 Å². The van der Waals surface area contributed by atoms with Crippen molar-refractivity contribution in [2.24, 2.45) is 5.10 Å². The Balaban J connectivity index is 2.01. The van der Waals surface area contributed by atoms with Gasteiger partial charge in [-0.2, -0.15) is 5.10 Å². The molecule has 0 bridgehead atoms. The third-order valence-electron chi connectivity index (χ3n) is 3.78. The van der Waals surface area contributed by atoms with Crippen molar-refractivity contribution >= 4 is 51.3 Å². The molecule has 6 nitrogen and oxygen atoms in total. The lowest BCUT2D eigenvalue weighted by atomic mass is 10.2. The van der Waals surface area contributed by atoms with Crippen LogP contribution in [-0.4, -0.2) is 34.9 Å². The van der Waals surface area contributed by atoms with Crippen molar-refractivity contribution in [2.45, 2.75) is 0 Å². The highest BCUT2D eigenvalue weighted by Gasteiger charge is 2.28. The standard InChI is InChI=1S/C17H13ClN4O2S/c1-22-17-14(19-11-8-9(18)5-6-10(11)20-17)16(24-2)15(23)13(21-22)12-4-3-7-25-12/h3-8,23H,1-2H3. The van der Waals surface area contributed by atoms with E-state index in [1.807, 2.05) is 17.5 Å². The van der Waals surface area contributed by atoms with Gasteiger partial charge in [0.1, 0.15) is 5.71 Å². The molecule has 1 aromatic carbocycles. The Hall–Kier alpha value is -2.64. The number of allylic oxidation sites excluding steroid dienone is 1. The zero-order valence-corrected chi connectivity index (χ0v) is 15.0. The Morgan fingerprint density at radius 3 is 2.76 bits per heavy atom. The number of rotatable bonds is 2. The first-order valence-corrected chi connectivity index (χ1v) is 8.65. The van der Waals surface area contributed by atoms with E-state index in [1.54, 1.807) is 30.3 Å². The number of nitrogens with zero attached hydrogens (tertiary/aromatic N) is 4. The number of aliphatic hydroxyl groups is 1. The minimum Gasteiger partial charge on any atom is -0.503 e. The summed E-state index contributed by atoms with van der Waals surface area (Å²) < 4.78 is 5.46. The van der Waals surface area contributed by atoms with Crippen molar-refractivity contribution in [1.82, 2.24) is 9.97 Å². The van der Waals surface area contributed by atoms with E-state index in [0.717, 1.165) is 4.88 Å². The number of hydrogen-bond acceptors (Lipinski definition) is 7. The summed E-state index contributed by atoms with van der Waals surface area (Å²) in [5, 5.41) is 19.4. The smallest absolute Gasteiger partial charge is 0.192 e. The lowest BCUT2D eigenvalue weighted by molar-refractivity contribution is 0.338. The number of anilines is 1. The molecule has 0 fully saturated rings. The summed E-state index contributed by atoms with van der Waals surface area (Å²) in [4.78, 5) is 10.0. The van der Waals surface area contributed by atoms with Crippen LogP contribution >= 0.6 is 22.9 Å². The number of thiophene rings is 1. The molecule has 1 N–H and O–H groups in total. The fraction of sp³-hybridized carbons (Fsp3) is 0.118. The first-order chi connectivity index (χ1) is 12.1. The minimum absolute atomic E-state index is 0.0776. The topological polar surface area (TPSA) is 70.8 Å². The van der Waals surface area contributed by atoms with Crippen LogP contribution in [0.15, 0.2) is 46.6 Å². The molecular formula is C17H13ClN4O2S. The number of aromatic nitrogens is 2. The van der Waals surface area contributed by atoms with Gasteiger partial charge in [-0.15, -0.1) is 11.3 Å². The largest absolute Gasteiger partial charge is 0.503 e. The van der Waals surface area contributed by atoms with Crippen LogP contribution < -0.4 is 5.01 Å². The number of methoxy groups -OCH3 is 1. The summed E-state index contributed by atoms with van der Waals surface area (Å²) in [6.45, 7) is 0. The lowest BCUT2D eigenvalue weighted by Gasteiger charge is -2.15. The van der Waals surface area contributed by atoms with Crippen molar-refractivity contribution in [3.8, 4) is 0 Å². The molecule has 0 radical (unpaired) electrons. The quantitative estimate of drug-likeness (QED) is 0.734. The molecule has 0 aliphatic carbocycles. The second-order valence-corrected chi connectivity index (χ2v) is 6.74. The number of hydrazone groups is 1. The van der Waals surface area contributed by atoms with Gasteiger partial charge in [-0.1, -0.05) is 17.7 Å². The fourth-order valence-corrected chi connectivity index (χ4v) is 3.51. The molecule has 0 saturated carbocycles. The second kappa shape index (κ2) is 6.02. The number of hydrogen-bond donors (Lipinski definition) is 1. The Bertz CT molecular complexity index is 1030. The van der Waals surface area contributed by atoms with Crippen molar-refractivity contribution in [3.63, 3.8) is 0 Å². The third-order valence-corrected chi connectivity index (χ3v) is 4.89. The first-order valence-electron chi connectivity index (χ1n) is 7.40. The molecular weight excluding hydrogens is 360 g/mol. The van der Waals surface area contributed by atoms with Crippen LogP contribution in [-0.2, 0) is 4.74 Å². The average Bonchev–Trinajstić information content (AvgIpc) is 3.10. The molecule has 126 valence electrons. The van der Waals surface area contributed by atoms with E-state index in [4.69, 9.17) is 16.3 Å². The predicted octanol–water partition coefficient (Wildman–Crippen LogP) is 4.07. The summed E-state index contributed by atoms with van der Waals surface area (Å²) in [5.74, 6) is 0.636. The van der Waals surface area contributed by atoms with E-state index in [1.165, 1.54) is 18.4 Å². The summed E-state index contributed by atoms with van der Waals surface area (Å²) in [6, 6.07) is 9.05. The Kier molecular flexibility index (Phi) is 3.82. The van der Waals surface area contributed by atoms with Crippen LogP contribution in [0.5, 0.6) is 0 Å². The van der Waals surface area contributed by atoms with Gasteiger partial charge in [0.15, 0.2) is 23.0 Å². The number of fused-ring (bicyclic) bond motifs is 2. The molecule has 8 heteroatoms. The third kappa shape index (κ3) is 2.61. The van der Waals surface area contributed by atoms with Crippen LogP contribution in [0.3, 0.4) is 0 Å². The Morgan fingerprint density at radius 2 is 2.04 bits per heavy atom. The summed E-state index contributed by atoms with van der Waals surface area (Å²) in [6.07, 6.45) is 0. The highest BCUT2D eigenvalue weighted by atomic mass is 35.5. The van der Waals surface area contributed by atoms with Crippen LogP contribution in [0, 0.1) is 0 Å². The van der Waals surface area contributed by atoms with E-state index in [0.29, 0.717) is 33.3 Å². The molecule has 3 heterocycles. The minimum atomic E-state index is -0.0776. The van der Waals surface area contributed by atoms with Gasteiger partial charge in [0.05, 0.1) is 23.0 Å². The molecule has 0 unspecified atom stereocenters. The van der Waals surface area contributed by atoms with Crippen LogP contribution in [0.2, 0.25) is 5.02 Å². The van der Waals surface area contributed by atoms with Crippen LogP contribution in [0.1, 0.15) is 10.6 Å². The maximum absolute atomic E-state index is 10.8. The maximum Gasteiger partial charge on any atom is 0.192 e. The monoisotopic (exact) mass is 372 g/mol. The van der Waals surface area contributed by atoms with Crippen LogP contribution in [0.25, 0.3) is 16.8 Å². The van der Waals surface area contributed by atoms with Gasteiger partial charge in [-0.05, 0) is 29.6 Å². The Labute approximate surface area is 152 Å². The fourth-order valence-electron chi connectivity index (χ4n) is 2.63. The number of ether oxygens (including phenoxy) is 1. The van der Waals surface area contributed by atoms with Gasteiger partial charge < -0.3 is 9.84 Å². The Morgan fingerprint density at radius 1 is 1.20 bits per heavy atom. The molecule has 0 atom stereocenters. The van der Waals surface area contributed by atoms with Crippen molar-refractivity contribution in [3.05, 3.63) is 57.1 Å². The molecule has 1 aliphatic rings. The van der Waals surface area contributed by atoms with Crippen LogP contribution in [0.4, 0.5) is 5.82 Å². The van der Waals surface area contributed by atoms with E-state index < -0.39 is 0 Å². The normalized spacial score (nSPS) is 14.4. The summed E-state index contributed by atoms with van der Waals surface area (Å²) in [7, 11) is 3.24. The first kappa shape index (κ1) is 15.9. The molecule has 25 heavy (non-hydrogen) atoms. The van der Waals surface area contributed by atoms with Gasteiger partial charge in [0.25, 0.3) is 0 Å². The second-order valence-electron chi connectivity index (χ2n) is 5.36. The number of benzene rings is 1. The molecule has 3 aromatic rings. The SMILES string of the molecule is COC1=C(O)C(c2cccs2)=NN(C)c2nc3ccc(Cl)cc3nc21. The van der Waals surface area contributed by atoms with Crippen molar-refractivity contribution in [2.75, 3.05) is 19.2 Å². The predicted molar refractivity (Wildman–Crippen MR) is 100 cm³/mol. The molecule has 4 rings (SSSR count). The van der Waals surface area contributed by atoms with Crippen molar-refractivity contribution < 1.29 is 9.84 Å². The van der Waals surface area contributed by atoms with Gasteiger partial charge in [0, 0.05) is 12.1 Å². The van der Waals surface area contributed by atoms with Gasteiger partial charge in [-0.25, -0.2) is 15.0 Å². The van der Waals surface area contributed by atoms with E-state index in [-0.39, 0.29) is 11.5 Å². The molecule has 2 aromatic heterocycles. The summed E-state index contributed by atoms with van der Waals surface area (Å²) in [5.41, 5.74) is 2.12. The highest BCUT2D eigenvalue weighted by molar-refractivity contribution is 7.12. The van der Waals surface area contributed by atoms with Gasteiger partial charge in [-0.3, -0.25) is 0 Å². The van der Waals surface area contributed by atoms with Gasteiger partial charge >= 0.3 is 0 Å².